The SMILES string of the molecule is c1ccc2cc3c(cc2c1)Oc1ccc(-c2ccc4c(c2)c2ccccc2n4-c2nc(-c4ccc5c(c4)sc4ccccc45)c4ccccc4n2)cc1O3. The van der Waals surface area contributed by atoms with E-state index < -0.39 is 0 Å². The molecule has 0 aliphatic carbocycles. The van der Waals surface area contributed by atoms with Crippen molar-refractivity contribution in [1.29, 1.82) is 0 Å². The third kappa shape index (κ3) is 4.44. The van der Waals surface area contributed by atoms with Gasteiger partial charge in [0, 0.05) is 41.9 Å². The highest BCUT2D eigenvalue weighted by Gasteiger charge is 2.22. The molecule has 1 aliphatic heterocycles. The fraction of sp³-hybridized carbons (Fsp3) is 0. The second-order valence-electron chi connectivity index (χ2n) is 13.8. The molecule has 0 saturated carbocycles. The fourth-order valence-corrected chi connectivity index (χ4v) is 9.22. The highest BCUT2D eigenvalue weighted by atomic mass is 32.1. The molecule has 4 heterocycles. The molecule has 0 atom stereocenters. The molecule has 6 heteroatoms. The third-order valence-corrected chi connectivity index (χ3v) is 11.8. The summed E-state index contributed by atoms with van der Waals surface area (Å²) in [4.78, 5) is 10.6. The van der Waals surface area contributed by atoms with Crippen LogP contribution in [0.1, 0.15) is 0 Å². The van der Waals surface area contributed by atoms with E-state index in [0.717, 1.165) is 77.4 Å². The first-order valence-corrected chi connectivity index (χ1v) is 18.8. The molecular weight excluding hydrogens is 683 g/mol. The molecular formula is C48H27N3O2S. The lowest BCUT2D eigenvalue weighted by atomic mass is 10.0. The number of nitrogens with zero attached hydrogens (tertiary/aromatic N) is 3. The van der Waals surface area contributed by atoms with Crippen LogP contribution in [0.4, 0.5) is 0 Å². The van der Waals surface area contributed by atoms with Crippen LogP contribution >= 0.6 is 11.3 Å². The average Bonchev–Trinajstić information content (AvgIpc) is 3.76. The Labute approximate surface area is 312 Å². The van der Waals surface area contributed by atoms with Gasteiger partial charge in [0.2, 0.25) is 5.95 Å². The second-order valence-corrected chi connectivity index (χ2v) is 14.9. The summed E-state index contributed by atoms with van der Waals surface area (Å²) in [5.41, 5.74) is 7.12. The van der Waals surface area contributed by atoms with E-state index in [2.05, 4.69) is 132 Å². The number of benzene rings is 8. The molecule has 8 aromatic carbocycles. The topological polar surface area (TPSA) is 49.2 Å². The minimum Gasteiger partial charge on any atom is -0.449 e. The minimum absolute atomic E-state index is 0.643. The van der Waals surface area contributed by atoms with Crippen molar-refractivity contribution >= 4 is 75.0 Å². The lowest BCUT2D eigenvalue weighted by Crippen LogP contribution is -2.03. The predicted octanol–water partition coefficient (Wildman–Crippen LogP) is 13.5. The number of thiophene rings is 1. The van der Waals surface area contributed by atoms with Gasteiger partial charge in [0.15, 0.2) is 23.0 Å². The van der Waals surface area contributed by atoms with Crippen LogP contribution in [0.2, 0.25) is 0 Å². The zero-order chi connectivity index (χ0) is 35.3. The van der Waals surface area contributed by atoms with Crippen molar-refractivity contribution in [3.05, 3.63) is 164 Å². The van der Waals surface area contributed by atoms with Crippen molar-refractivity contribution in [3.8, 4) is 51.3 Å². The Balaban J connectivity index is 0.994. The Kier molecular flexibility index (Phi) is 6.15. The van der Waals surface area contributed by atoms with Crippen LogP contribution in [0.25, 0.3) is 92.0 Å². The highest BCUT2D eigenvalue weighted by Crippen LogP contribution is 2.48. The zero-order valence-corrected chi connectivity index (χ0v) is 29.5. The third-order valence-electron chi connectivity index (χ3n) is 10.6. The van der Waals surface area contributed by atoms with E-state index in [1.165, 1.54) is 20.2 Å². The summed E-state index contributed by atoms with van der Waals surface area (Å²) in [6, 6.07) is 57.3. The molecule has 252 valence electrons. The summed E-state index contributed by atoms with van der Waals surface area (Å²) in [5, 5.41) is 8.08. The number of ether oxygens (including phenoxy) is 2. The van der Waals surface area contributed by atoms with Gasteiger partial charge in [-0.25, -0.2) is 9.97 Å². The molecule has 0 fully saturated rings. The molecule has 0 unspecified atom stereocenters. The minimum atomic E-state index is 0.643. The summed E-state index contributed by atoms with van der Waals surface area (Å²) < 4.78 is 17.5. The van der Waals surface area contributed by atoms with Gasteiger partial charge in [0.05, 0.1) is 22.2 Å². The maximum Gasteiger partial charge on any atom is 0.235 e. The van der Waals surface area contributed by atoms with Gasteiger partial charge in [0.1, 0.15) is 0 Å². The smallest absolute Gasteiger partial charge is 0.235 e. The largest absolute Gasteiger partial charge is 0.449 e. The van der Waals surface area contributed by atoms with Crippen molar-refractivity contribution < 1.29 is 9.47 Å². The normalized spacial score (nSPS) is 12.4. The van der Waals surface area contributed by atoms with Crippen LogP contribution < -0.4 is 9.47 Å². The first-order chi connectivity index (χ1) is 26.7. The van der Waals surface area contributed by atoms with Gasteiger partial charge in [-0.1, -0.05) is 103 Å². The molecule has 5 nitrogen and oxygen atoms in total. The molecule has 0 bridgehead atoms. The summed E-state index contributed by atoms with van der Waals surface area (Å²) in [5.74, 6) is 3.49. The van der Waals surface area contributed by atoms with Gasteiger partial charge in [-0.15, -0.1) is 11.3 Å². The molecule has 0 saturated heterocycles. The van der Waals surface area contributed by atoms with Crippen LogP contribution in [0.15, 0.2) is 164 Å². The van der Waals surface area contributed by atoms with E-state index in [4.69, 9.17) is 19.4 Å². The highest BCUT2D eigenvalue weighted by molar-refractivity contribution is 7.25. The van der Waals surface area contributed by atoms with Crippen LogP contribution in [0, 0.1) is 0 Å². The molecule has 0 amide bonds. The van der Waals surface area contributed by atoms with E-state index in [0.29, 0.717) is 17.4 Å². The first-order valence-electron chi connectivity index (χ1n) is 18.0. The first kappa shape index (κ1) is 29.5. The van der Waals surface area contributed by atoms with Crippen molar-refractivity contribution in [3.63, 3.8) is 0 Å². The van der Waals surface area contributed by atoms with Gasteiger partial charge in [-0.05, 0) is 82.6 Å². The van der Waals surface area contributed by atoms with Crippen LogP contribution in [0.5, 0.6) is 23.0 Å². The van der Waals surface area contributed by atoms with Crippen molar-refractivity contribution in [1.82, 2.24) is 14.5 Å². The van der Waals surface area contributed by atoms with E-state index in [1.807, 2.05) is 47.7 Å². The lowest BCUT2D eigenvalue weighted by Gasteiger charge is -2.22. The quantitative estimate of drug-likeness (QED) is 0.183. The van der Waals surface area contributed by atoms with E-state index in [1.54, 1.807) is 0 Å². The molecule has 11 aromatic rings. The standard InChI is InChI=1S/C48H27N3O2S/c1-2-10-29-25-44-43(24-28(29)9-1)52-41-22-19-31(26-42(41)53-44)30-18-21-40-37(23-30)33-11-4-7-15-39(33)51(40)48-49-38-14-6-3-13-36(38)47(50-48)32-17-20-35-34-12-5-8-16-45(34)54-46(35)27-32/h1-27H. The molecule has 0 N–H and O–H groups in total. The Hall–Kier alpha value is -7.02. The summed E-state index contributed by atoms with van der Waals surface area (Å²) in [7, 11) is 0. The Morgan fingerprint density at radius 3 is 1.91 bits per heavy atom. The van der Waals surface area contributed by atoms with E-state index in [9.17, 15) is 0 Å². The lowest BCUT2D eigenvalue weighted by molar-refractivity contribution is 0.360. The maximum absolute atomic E-state index is 6.44. The fourth-order valence-electron chi connectivity index (χ4n) is 8.07. The van der Waals surface area contributed by atoms with E-state index in [-0.39, 0.29) is 0 Å². The van der Waals surface area contributed by atoms with E-state index >= 15 is 0 Å². The van der Waals surface area contributed by atoms with Gasteiger partial charge in [0.25, 0.3) is 0 Å². The second kappa shape index (κ2) is 11.2. The van der Waals surface area contributed by atoms with Crippen molar-refractivity contribution in [2.45, 2.75) is 0 Å². The number of para-hydroxylation sites is 2. The van der Waals surface area contributed by atoms with Gasteiger partial charge in [-0.3, -0.25) is 4.57 Å². The van der Waals surface area contributed by atoms with Crippen LogP contribution in [-0.2, 0) is 0 Å². The molecule has 0 radical (unpaired) electrons. The summed E-state index contributed by atoms with van der Waals surface area (Å²) in [6.07, 6.45) is 0. The monoisotopic (exact) mass is 709 g/mol. The molecule has 54 heavy (non-hydrogen) atoms. The number of hydrogen-bond acceptors (Lipinski definition) is 5. The molecule has 3 aromatic heterocycles. The number of aromatic nitrogens is 3. The number of fused-ring (bicyclic) bond motifs is 10. The van der Waals surface area contributed by atoms with Crippen molar-refractivity contribution in [2.24, 2.45) is 0 Å². The maximum atomic E-state index is 6.44. The van der Waals surface area contributed by atoms with Gasteiger partial charge >= 0.3 is 0 Å². The summed E-state index contributed by atoms with van der Waals surface area (Å²) >= 11 is 1.82. The van der Waals surface area contributed by atoms with Gasteiger partial charge < -0.3 is 9.47 Å². The Morgan fingerprint density at radius 1 is 0.407 bits per heavy atom. The van der Waals surface area contributed by atoms with Crippen LogP contribution in [0.3, 0.4) is 0 Å². The molecule has 0 spiro atoms. The van der Waals surface area contributed by atoms with Crippen molar-refractivity contribution in [2.75, 3.05) is 0 Å². The van der Waals surface area contributed by atoms with Gasteiger partial charge in [-0.2, -0.15) is 0 Å². The average molecular weight is 710 g/mol. The molecule has 12 rings (SSSR count). The Morgan fingerprint density at radius 2 is 1.04 bits per heavy atom. The molecule has 1 aliphatic rings. The summed E-state index contributed by atoms with van der Waals surface area (Å²) in [6.45, 7) is 0. The predicted molar refractivity (Wildman–Crippen MR) is 222 cm³/mol. The Bertz CT molecular complexity index is 3360. The zero-order valence-electron chi connectivity index (χ0n) is 28.7. The number of rotatable bonds is 3. The van der Waals surface area contributed by atoms with Crippen LogP contribution in [-0.4, -0.2) is 14.5 Å². The number of hydrogen-bond donors (Lipinski definition) is 0.